The molecule has 6 heteroatoms. The van der Waals surface area contributed by atoms with Crippen molar-refractivity contribution in [1.29, 1.82) is 0 Å². The van der Waals surface area contributed by atoms with Gasteiger partial charge in [0.05, 0.1) is 13.2 Å². The minimum atomic E-state index is -0.351. The summed E-state index contributed by atoms with van der Waals surface area (Å²) >= 11 is 0. The van der Waals surface area contributed by atoms with Crippen molar-refractivity contribution in [3.8, 4) is 0 Å². The summed E-state index contributed by atoms with van der Waals surface area (Å²) in [7, 11) is 0. The Bertz CT molecular complexity index is 495. The molecular weight excluding hydrogens is 256 g/mol. The highest BCUT2D eigenvalue weighted by molar-refractivity contribution is 5.80. The molecule has 1 aromatic rings. The zero-order valence-corrected chi connectivity index (χ0v) is 12.2. The molecule has 1 amide bonds. The Kier molecular flexibility index (Phi) is 3.74. The van der Waals surface area contributed by atoms with E-state index in [2.05, 4.69) is 21.7 Å². The molecule has 1 fully saturated rings. The lowest BCUT2D eigenvalue weighted by molar-refractivity contribution is -0.144. The molecule has 2 heterocycles. The molecule has 1 atom stereocenters. The number of carbonyl (C=O) groups is 1. The molecule has 1 aromatic heterocycles. The first-order chi connectivity index (χ1) is 9.69. The third kappa shape index (κ3) is 2.70. The second kappa shape index (κ2) is 5.52. The highest BCUT2D eigenvalue weighted by Gasteiger charge is 2.29. The zero-order valence-electron chi connectivity index (χ0n) is 12.2. The minimum Gasteiger partial charge on any atom is -0.368 e. The van der Waals surface area contributed by atoms with Crippen molar-refractivity contribution < 1.29 is 9.53 Å². The number of rotatable bonds is 5. The van der Waals surface area contributed by atoms with Crippen molar-refractivity contribution >= 4 is 5.91 Å². The van der Waals surface area contributed by atoms with Gasteiger partial charge >= 0.3 is 0 Å². The van der Waals surface area contributed by atoms with E-state index in [1.54, 1.807) is 0 Å². The lowest BCUT2D eigenvalue weighted by atomic mass is 10.2. The molecule has 1 aliphatic carbocycles. The van der Waals surface area contributed by atoms with Gasteiger partial charge in [0, 0.05) is 19.5 Å². The van der Waals surface area contributed by atoms with Crippen LogP contribution in [0.25, 0.3) is 0 Å². The molecule has 1 unspecified atom stereocenters. The van der Waals surface area contributed by atoms with E-state index in [-0.39, 0.29) is 12.0 Å². The van der Waals surface area contributed by atoms with E-state index in [9.17, 15) is 4.79 Å². The molecule has 6 nitrogen and oxygen atoms in total. The first-order valence-corrected chi connectivity index (χ1v) is 7.50. The number of nitrogens with zero attached hydrogens (tertiary/aromatic N) is 4. The predicted octanol–water partition coefficient (Wildman–Crippen LogP) is 0.998. The van der Waals surface area contributed by atoms with E-state index in [4.69, 9.17) is 4.74 Å². The third-order valence-corrected chi connectivity index (χ3v) is 4.08. The SMILES string of the molecule is CCc1nnc2n1CCN(C(=O)C(C)OCC1CC1)C2. The molecule has 110 valence electrons. The van der Waals surface area contributed by atoms with Crippen LogP contribution in [0.1, 0.15) is 38.3 Å². The third-order valence-electron chi connectivity index (χ3n) is 4.08. The summed E-state index contributed by atoms with van der Waals surface area (Å²) in [6.07, 6.45) is 3.01. The van der Waals surface area contributed by atoms with Crippen LogP contribution in [-0.2, 0) is 29.0 Å². The second-order valence-corrected chi connectivity index (χ2v) is 5.72. The molecule has 0 N–H and O–H groups in total. The quantitative estimate of drug-likeness (QED) is 0.806. The average molecular weight is 278 g/mol. The van der Waals surface area contributed by atoms with Crippen LogP contribution in [0.3, 0.4) is 0 Å². The Morgan fingerprint density at radius 3 is 2.90 bits per heavy atom. The summed E-state index contributed by atoms with van der Waals surface area (Å²) in [5, 5.41) is 8.35. The van der Waals surface area contributed by atoms with Crippen molar-refractivity contribution in [3.05, 3.63) is 11.6 Å². The van der Waals surface area contributed by atoms with E-state index < -0.39 is 0 Å². The number of amides is 1. The Labute approximate surface area is 119 Å². The maximum absolute atomic E-state index is 12.4. The van der Waals surface area contributed by atoms with Crippen LogP contribution in [-0.4, -0.2) is 44.8 Å². The van der Waals surface area contributed by atoms with Crippen LogP contribution in [0.2, 0.25) is 0 Å². The maximum Gasteiger partial charge on any atom is 0.251 e. The first kappa shape index (κ1) is 13.5. The molecule has 1 aliphatic heterocycles. The van der Waals surface area contributed by atoms with Gasteiger partial charge in [0.2, 0.25) is 0 Å². The van der Waals surface area contributed by atoms with E-state index in [1.807, 2.05) is 11.8 Å². The molecule has 0 saturated heterocycles. The van der Waals surface area contributed by atoms with Gasteiger partial charge in [-0.1, -0.05) is 6.92 Å². The second-order valence-electron chi connectivity index (χ2n) is 5.72. The van der Waals surface area contributed by atoms with Gasteiger partial charge in [-0.15, -0.1) is 10.2 Å². The fourth-order valence-corrected chi connectivity index (χ4v) is 2.56. The van der Waals surface area contributed by atoms with E-state index in [0.29, 0.717) is 19.0 Å². The largest absolute Gasteiger partial charge is 0.368 e. The van der Waals surface area contributed by atoms with Crippen molar-refractivity contribution in [2.75, 3.05) is 13.2 Å². The highest BCUT2D eigenvalue weighted by atomic mass is 16.5. The maximum atomic E-state index is 12.4. The average Bonchev–Trinajstić information content (AvgIpc) is 3.21. The highest BCUT2D eigenvalue weighted by Crippen LogP contribution is 2.29. The zero-order chi connectivity index (χ0) is 14.1. The number of ether oxygens (including phenoxy) is 1. The summed E-state index contributed by atoms with van der Waals surface area (Å²) in [6.45, 7) is 6.69. The van der Waals surface area contributed by atoms with Gasteiger partial charge in [-0.3, -0.25) is 4.79 Å². The minimum absolute atomic E-state index is 0.0675. The Hall–Kier alpha value is -1.43. The van der Waals surface area contributed by atoms with Gasteiger partial charge in [-0.2, -0.15) is 0 Å². The molecule has 0 aromatic carbocycles. The molecular formula is C14H22N4O2. The number of aromatic nitrogens is 3. The fourth-order valence-electron chi connectivity index (χ4n) is 2.56. The summed E-state index contributed by atoms with van der Waals surface area (Å²) in [6, 6.07) is 0. The molecule has 1 saturated carbocycles. The Morgan fingerprint density at radius 1 is 1.40 bits per heavy atom. The summed E-state index contributed by atoms with van der Waals surface area (Å²) in [5.74, 6) is 2.64. The van der Waals surface area contributed by atoms with Gasteiger partial charge in [-0.05, 0) is 25.7 Å². The first-order valence-electron chi connectivity index (χ1n) is 7.50. The smallest absolute Gasteiger partial charge is 0.251 e. The van der Waals surface area contributed by atoms with Crippen LogP contribution in [0.15, 0.2) is 0 Å². The molecule has 0 bridgehead atoms. The van der Waals surface area contributed by atoms with Crippen LogP contribution < -0.4 is 0 Å². The topological polar surface area (TPSA) is 60.2 Å². The van der Waals surface area contributed by atoms with Gasteiger partial charge < -0.3 is 14.2 Å². The summed E-state index contributed by atoms with van der Waals surface area (Å²) in [4.78, 5) is 14.2. The van der Waals surface area contributed by atoms with E-state index in [0.717, 1.165) is 31.2 Å². The molecule has 0 spiro atoms. The molecule has 0 radical (unpaired) electrons. The lowest BCUT2D eigenvalue weighted by Crippen LogP contribution is -2.44. The van der Waals surface area contributed by atoms with Gasteiger partial charge in [0.1, 0.15) is 11.9 Å². The standard InChI is InChI=1S/C14H22N4O2/c1-3-12-15-16-13-8-17(6-7-18(12)13)14(19)10(2)20-9-11-4-5-11/h10-11H,3-9H2,1-2H3. The van der Waals surface area contributed by atoms with E-state index >= 15 is 0 Å². The monoisotopic (exact) mass is 278 g/mol. The normalized spacial score (nSPS) is 19.8. The number of hydrogen-bond donors (Lipinski definition) is 0. The van der Waals surface area contributed by atoms with Gasteiger partial charge in [0.15, 0.2) is 5.82 Å². The summed E-state index contributed by atoms with van der Waals surface area (Å²) in [5.41, 5.74) is 0. The van der Waals surface area contributed by atoms with Gasteiger partial charge in [-0.25, -0.2) is 0 Å². The summed E-state index contributed by atoms with van der Waals surface area (Å²) < 4.78 is 7.79. The fraction of sp³-hybridized carbons (Fsp3) is 0.786. The lowest BCUT2D eigenvalue weighted by Gasteiger charge is -2.29. The molecule has 20 heavy (non-hydrogen) atoms. The van der Waals surface area contributed by atoms with Gasteiger partial charge in [0.25, 0.3) is 5.91 Å². The predicted molar refractivity (Wildman–Crippen MR) is 73.0 cm³/mol. The number of fused-ring (bicyclic) bond motifs is 1. The Balaban J connectivity index is 1.59. The van der Waals surface area contributed by atoms with E-state index in [1.165, 1.54) is 12.8 Å². The number of carbonyl (C=O) groups excluding carboxylic acids is 1. The van der Waals surface area contributed by atoms with Crippen LogP contribution in [0.4, 0.5) is 0 Å². The number of hydrogen-bond acceptors (Lipinski definition) is 4. The van der Waals surface area contributed by atoms with Crippen LogP contribution in [0, 0.1) is 5.92 Å². The van der Waals surface area contributed by atoms with Crippen molar-refractivity contribution in [2.45, 2.75) is 52.3 Å². The van der Waals surface area contributed by atoms with Crippen molar-refractivity contribution in [3.63, 3.8) is 0 Å². The van der Waals surface area contributed by atoms with Crippen LogP contribution in [0.5, 0.6) is 0 Å². The number of aryl methyl sites for hydroxylation is 1. The molecule has 3 rings (SSSR count). The van der Waals surface area contributed by atoms with Crippen molar-refractivity contribution in [2.24, 2.45) is 5.92 Å². The molecule has 2 aliphatic rings. The van der Waals surface area contributed by atoms with Crippen LogP contribution >= 0.6 is 0 Å². The van der Waals surface area contributed by atoms with Crippen molar-refractivity contribution in [1.82, 2.24) is 19.7 Å². The Morgan fingerprint density at radius 2 is 2.20 bits per heavy atom.